The number of aryl methyl sites for hydroxylation is 2. The van der Waals surface area contributed by atoms with Gasteiger partial charge in [-0.3, -0.25) is 9.59 Å². The van der Waals surface area contributed by atoms with Crippen molar-refractivity contribution in [2.75, 3.05) is 26.2 Å². The number of carbonyl (C=O) groups is 2. The van der Waals surface area contributed by atoms with Gasteiger partial charge in [0, 0.05) is 26.2 Å². The summed E-state index contributed by atoms with van der Waals surface area (Å²) in [5.74, 6) is 0.225. The number of nitrogens with zero attached hydrogens (tertiary/aromatic N) is 3. The first-order valence-electron chi connectivity index (χ1n) is 11.7. The quantitative estimate of drug-likeness (QED) is 0.565. The van der Waals surface area contributed by atoms with Crippen LogP contribution in [0.5, 0.6) is 0 Å². The molecule has 1 fully saturated rings. The largest absolute Gasteiger partial charge is 0.361 e. The van der Waals surface area contributed by atoms with E-state index in [4.69, 9.17) is 4.52 Å². The second kappa shape index (κ2) is 10.0. The first-order valence-corrected chi connectivity index (χ1v) is 11.7. The van der Waals surface area contributed by atoms with E-state index in [1.807, 2.05) is 54.0 Å². The first kappa shape index (κ1) is 22.8. The van der Waals surface area contributed by atoms with E-state index in [-0.39, 0.29) is 17.7 Å². The molecular formula is C27H31N3O3. The molecule has 0 bridgehead atoms. The van der Waals surface area contributed by atoms with Crippen molar-refractivity contribution in [1.82, 2.24) is 15.0 Å². The number of likely N-dealkylation sites (N-methyl/N-ethyl adjacent to an activating group) is 1. The van der Waals surface area contributed by atoms with Gasteiger partial charge in [0.25, 0.3) is 5.91 Å². The number of carbonyl (C=O) groups excluding carboxylic acids is 2. The van der Waals surface area contributed by atoms with Crippen LogP contribution in [-0.2, 0) is 17.6 Å². The third kappa shape index (κ3) is 4.70. The summed E-state index contributed by atoms with van der Waals surface area (Å²) in [5, 5.41) is 4.05. The summed E-state index contributed by atoms with van der Waals surface area (Å²) in [6.07, 6.45) is 1.20. The highest BCUT2D eigenvalue weighted by molar-refractivity contribution is 5.96. The fourth-order valence-corrected chi connectivity index (χ4v) is 4.65. The minimum Gasteiger partial charge on any atom is -0.361 e. The van der Waals surface area contributed by atoms with Gasteiger partial charge in [0.1, 0.15) is 11.3 Å². The van der Waals surface area contributed by atoms with Gasteiger partial charge in [-0.15, -0.1) is 0 Å². The van der Waals surface area contributed by atoms with Crippen LogP contribution in [0, 0.1) is 12.8 Å². The minimum atomic E-state index is -0.313. The van der Waals surface area contributed by atoms with Crippen molar-refractivity contribution in [2.45, 2.75) is 33.6 Å². The van der Waals surface area contributed by atoms with E-state index in [2.05, 4.69) is 29.4 Å². The molecule has 0 spiro atoms. The Bertz CT molecular complexity index is 1120. The second-order valence-electron chi connectivity index (χ2n) is 8.51. The Morgan fingerprint density at radius 1 is 1.06 bits per heavy atom. The van der Waals surface area contributed by atoms with Gasteiger partial charge in [0.2, 0.25) is 5.91 Å². The van der Waals surface area contributed by atoms with E-state index in [0.717, 1.165) is 16.7 Å². The van der Waals surface area contributed by atoms with Gasteiger partial charge < -0.3 is 14.3 Å². The molecular weight excluding hydrogens is 414 g/mol. The Morgan fingerprint density at radius 3 is 2.52 bits per heavy atom. The zero-order chi connectivity index (χ0) is 23.4. The predicted molar refractivity (Wildman–Crippen MR) is 128 cm³/mol. The smallest absolute Gasteiger partial charge is 0.259 e. The minimum absolute atomic E-state index is 0.0994. The first-order chi connectivity index (χ1) is 16.0. The van der Waals surface area contributed by atoms with Crippen molar-refractivity contribution in [3.63, 3.8) is 0 Å². The molecule has 1 aliphatic heterocycles. The monoisotopic (exact) mass is 445 g/mol. The number of benzene rings is 2. The summed E-state index contributed by atoms with van der Waals surface area (Å²) in [7, 11) is 0. The fourth-order valence-electron chi connectivity index (χ4n) is 4.65. The Kier molecular flexibility index (Phi) is 6.92. The molecule has 1 atom stereocenters. The SMILES string of the molecule is CCc1noc(C)c1C(=O)N1CCN(CC)C(=O)[C@@H](Cc2ccccc2-c2ccccc2)C1. The van der Waals surface area contributed by atoms with Gasteiger partial charge in [0.05, 0.1) is 11.6 Å². The number of aromatic nitrogens is 1. The summed E-state index contributed by atoms with van der Waals surface area (Å²) in [5.41, 5.74) is 4.58. The van der Waals surface area contributed by atoms with Crippen molar-refractivity contribution in [2.24, 2.45) is 5.92 Å². The Hall–Kier alpha value is -3.41. The number of amides is 2. The molecule has 2 heterocycles. The van der Waals surface area contributed by atoms with Crippen LogP contribution in [0.2, 0.25) is 0 Å². The summed E-state index contributed by atoms with van der Waals surface area (Å²) in [6.45, 7) is 7.77. The fraction of sp³-hybridized carbons (Fsp3) is 0.370. The molecule has 0 radical (unpaired) electrons. The van der Waals surface area contributed by atoms with Crippen LogP contribution in [-0.4, -0.2) is 52.9 Å². The molecule has 2 aromatic carbocycles. The second-order valence-corrected chi connectivity index (χ2v) is 8.51. The average molecular weight is 446 g/mol. The van der Waals surface area contributed by atoms with E-state index in [1.54, 1.807) is 6.92 Å². The van der Waals surface area contributed by atoms with E-state index in [1.165, 1.54) is 0 Å². The van der Waals surface area contributed by atoms with Gasteiger partial charge in [-0.2, -0.15) is 0 Å². The van der Waals surface area contributed by atoms with E-state index in [0.29, 0.717) is 56.0 Å². The van der Waals surface area contributed by atoms with E-state index < -0.39 is 0 Å². The van der Waals surface area contributed by atoms with Gasteiger partial charge >= 0.3 is 0 Å². The lowest BCUT2D eigenvalue weighted by Gasteiger charge is -2.24. The van der Waals surface area contributed by atoms with Crippen LogP contribution >= 0.6 is 0 Å². The molecule has 1 aromatic heterocycles. The normalized spacial score (nSPS) is 16.7. The van der Waals surface area contributed by atoms with Crippen LogP contribution in [0.25, 0.3) is 11.1 Å². The third-order valence-corrected chi connectivity index (χ3v) is 6.46. The third-order valence-electron chi connectivity index (χ3n) is 6.46. The van der Waals surface area contributed by atoms with Crippen molar-refractivity contribution in [3.05, 3.63) is 77.2 Å². The standard InChI is InChI=1S/C27H31N3O3/c1-4-24-25(19(3)33-28-24)27(32)30-16-15-29(5-2)26(31)22(18-30)17-21-13-9-10-14-23(21)20-11-7-6-8-12-20/h6-14,22H,4-5,15-18H2,1-3H3/t22-/m0/s1. The maximum absolute atomic E-state index is 13.5. The average Bonchev–Trinajstić information content (AvgIpc) is 3.15. The van der Waals surface area contributed by atoms with Crippen LogP contribution < -0.4 is 0 Å². The number of rotatable bonds is 6. The van der Waals surface area contributed by atoms with E-state index in [9.17, 15) is 9.59 Å². The van der Waals surface area contributed by atoms with Gasteiger partial charge in [-0.05, 0) is 43.4 Å². The zero-order valence-corrected chi connectivity index (χ0v) is 19.6. The molecule has 0 saturated carbocycles. The highest BCUT2D eigenvalue weighted by Crippen LogP contribution is 2.28. The summed E-state index contributed by atoms with van der Waals surface area (Å²) < 4.78 is 5.31. The Morgan fingerprint density at radius 2 is 1.79 bits per heavy atom. The molecule has 6 heteroatoms. The van der Waals surface area contributed by atoms with Crippen molar-refractivity contribution < 1.29 is 14.1 Å². The maximum Gasteiger partial charge on any atom is 0.259 e. The highest BCUT2D eigenvalue weighted by atomic mass is 16.5. The number of hydrogen-bond acceptors (Lipinski definition) is 4. The summed E-state index contributed by atoms with van der Waals surface area (Å²) in [6, 6.07) is 18.4. The van der Waals surface area contributed by atoms with Crippen LogP contribution in [0.15, 0.2) is 59.1 Å². The molecule has 1 saturated heterocycles. The van der Waals surface area contributed by atoms with Crippen molar-refractivity contribution in [3.8, 4) is 11.1 Å². The predicted octanol–water partition coefficient (Wildman–Crippen LogP) is 4.38. The molecule has 172 valence electrons. The molecule has 4 rings (SSSR count). The molecule has 3 aromatic rings. The van der Waals surface area contributed by atoms with Crippen LogP contribution in [0.3, 0.4) is 0 Å². The van der Waals surface area contributed by atoms with Crippen LogP contribution in [0.4, 0.5) is 0 Å². The van der Waals surface area contributed by atoms with Gasteiger partial charge in [0.15, 0.2) is 0 Å². The molecule has 2 amide bonds. The van der Waals surface area contributed by atoms with E-state index >= 15 is 0 Å². The topological polar surface area (TPSA) is 66.7 Å². The molecule has 1 aliphatic rings. The maximum atomic E-state index is 13.5. The lowest BCUT2D eigenvalue weighted by atomic mass is 9.91. The lowest BCUT2D eigenvalue weighted by Crippen LogP contribution is -2.38. The number of hydrogen-bond donors (Lipinski definition) is 0. The molecule has 0 N–H and O–H groups in total. The summed E-state index contributed by atoms with van der Waals surface area (Å²) in [4.78, 5) is 30.6. The Labute approximate surface area is 195 Å². The molecule has 0 aliphatic carbocycles. The Balaban J connectivity index is 1.65. The van der Waals surface area contributed by atoms with Gasteiger partial charge in [-0.1, -0.05) is 66.7 Å². The zero-order valence-electron chi connectivity index (χ0n) is 19.6. The molecule has 33 heavy (non-hydrogen) atoms. The molecule has 6 nitrogen and oxygen atoms in total. The highest BCUT2D eigenvalue weighted by Gasteiger charge is 2.34. The van der Waals surface area contributed by atoms with Crippen molar-refractivity contribution in [1.29, 1.82) is 0 Å². The van der Waals surface area contributed by atoms with Crippen LogP contribution in [0.1, 0.15) is 41.2 Å². The summed E-state index contributed by atoms with van der Waals surface area (Å²) >= 11 is 0. The van der Waals surface area contributed by atoms with Crippen molar-refractivity contribution >= 4 is 11.8 Å². The van der Waals surface area contributed by atoms with Gasteiger partial charge in [-0.25, -0.2) is 0 Å². The lowest BCUT2D eigenvalue weighted by molar-refractivity contribution is -0.134. The molecule has 0 unspecified atom stereocenters.